The van der Waals surface area contributed by atoms with E-state index in [1.54, 1.807) is 0 Å². The van der Waals surface area contributed by atoms with Gasteiger partial charge in [0.1, 0.15) is 12.2 Å². The monoisotopic (exact) mass is 408 g/mol. The van der Waals surface area contributed by atoms with Gasteiger partial charge in [0.05, 0.1) is 17.9 Å². The maximum atomic E-state index is 12.6. The first kappa shape index (κ1) is 21.3. The number of amides is 2. The Kier molecular flexibility index (Phi) is 6.31. The van der Waals surface area contributed by atoms with E-state index in [-0.39, 0.29) is 30.3 Å². The molecule has 152 valence electrons. The highest BCUT2D eigenvalue weighted by Gasteiger charge is 2.35. The highest BCUT2D eigenvalue weighted by Crippen LogP contribution is 2.29. The number of nitrogens with zero attached hydrogens (tertiary/aromatic N) is 1. The van der Waals surface area contributed by atoms with Crippen molar-refractivity contribution in [3.05, 3.63) is 47.4 Å². The Labute approximate surface area is 155 Å². The number of hydrogen-bond acceptors (Lipinski definition) is 3. The lowest BCUT2D eigenvalue weighted by Crippen LogP contribution is -2.34. The number of anilines is 2. The molecule has 0 bridgehead atoms. The molecule has 0 radical (unpaired) electrons. The van der Waals surface area contributed by atoms with E-state index in [2.05, 4.69) is 25.9 Å². The second-order valence-corrected chi connectivity index (χ2v) is 5.61. The molecule has 0 aromatic carbocycles. The van der Waals surface area contributed by atoms with E-state index >= 15 is 0 Å². The summed E-state index contributed by atoms with van der Waals surface area (Å²) in [7, 11) is 0. The third-order valence-corrected chi connectivity index (χ3v) is 3.45. The van der Waals surface area contributed by atoms with E-state index in [4.69, 9.17) is 0 Å². The summed E-state index contributed by atoms with van der Waals surface area (Å²) in [6.45, 7) is 1.47. The average Bonchev–Trinajstić information content (AvgIpc) is 2.59. The Morgan fingerprint density at radius 2 is 1.75 bits per heavy atom. The molecular formula is C16H16F6N5O+. The predicted octanol–water partition coefficient (Wildman–Crippen LogP) is 3.48. The molecule has 0 saturated heterocycles. The van der Waals surface area contributed by atoms with E-state index in [1.165, 1.54) is 19.1 Å². The number of aryl methyl sites for hydroxylation is 1. The largest absolute Gasteiger partial charge is 0.453 e. The third kappa shape index (κ3) is 5.99. The van der Waals surface area contributed by atoms with Crippen LogP contribution in [0.4, 0.5) is 42.6 Å². The molecule has 0 atom stereocenters. The number of pyridine rings is 2. The van der Waals surface area contributed by atoms with Gasteiger partial charge < -0.3 is 10.6 Å². The van der Waals surface area contributed by atoms with Crippen molar-refractivity contribution < 1.29 is 36.1 Å². The van der Waals surface area contributed by atoms with Gasteiger partial charge in [-0.1, -0.05) is 0 Å². The first-order chi connectivity index (χ1) is 13.0. The fourth-order valence-corrected chi connectivity index (χ4v) is 2.13. The zero-order chi connectivity index (χ0) is 20.9. The van der Waals surface area contributed by atoms with Gasteiger partial charge in [-0.3, -0.25) is 5.32 Å². The number of alkyl halides is 6. The van der Waals surface area contributed by atoms with Crippen LogP contribution >= 0.6 is 0 Å². The summed E-state index contributed by atoms with van der Waals surface area (Å²) in [4.78, 5) is 17.3. The lowest BCUT2D eigenvalue weighted by molar-refractivity contribution is -0.412. The molecule has 2 rings (SSSR count). The Balaban J connectivity index is 1.82. The van der Waals surface area contributed by atoms with Gasteiger partial charge in [-0.2, -0.15) is 26.3 Å². The predicted molar refractivity (Wildman–Crippen MR) is 87.5 cm³/mol. The number of halogens is 6. The van der Waals surface area contributed by atoms with E-state index in [9.17, 15) is 31.1 Å². The second-order valence-electron chi connectivity index (χ2n) is 5.61. The van der Waals surface area contributed by atoms with Crippen molar-refractivity contribution >= 4 is 17.5 Å². The number of carbonyl (C=O) groups excluding carboxylic acids is 1. The fourth-order valence-electron chi connectivity index (χ4n) is 2.13. The number of aromatic amines is 1. The maximum Gasteiger partial charge on any atom is 0.453 e. The number of urea groups is 1. The van der Waals surface area contributed by atoms with E-state index in [0.29, 0.717) is 0 Å². The Morgan fingerprint density at radius 1 is 1.04 bits per heavy atom. The molecule has 0 aliphatic rings. The van der Waals surface area contributed by atoms with Gasteiger partial charge in [0, 0.05) is 6.07 Å². The molecule has 2 amide bonds. The summed E-state index contributed by atoms with van der Waals surface area (Å²) < 4.78 is 75.5. The lowest BCUT2D eigenvalue weighted by Gasteiger charge is -2.11. The van der Waals surface area contributed by atoms with Crippen molar-refractivity contribution in [1.29, 1.82) is 0 Å². The number of hydrogen-bond donors (Lipinski definition) is 3. The van der Waals surface area contributed by atoms with Gasteiger partial charge in [0.15, 0.2) is 0 Å². The molecule has 0 unspecified atom stereocenters. The summed E-state index contributed by atoms with van der Waals surface area (Å²) in [5, 5.41) is 7.45. The van der Waals surface area contributed by atoms with Gasteiger partial charge >= 0.3 is 18.4 Å². The molecule has 0 saturated carbocycles. The number of H-pyrrole nitrogens is 1. The zero-order valence-corrected chi connectivity index (χ0v) is 14.4. The minimum absolute atomic E-state index is 0.0123. The molecule has 0 aliphatic heterocycles. The van der Waals surface area contributed by atoms with Crippen molar-refractivity contribution in [1.82, 2.24) is 10.3 Å². The summed E-state index contributed by atoms with van der Waals surface area (Å²) in [5.74, 6) is 0.111. The Bertz CT molecular complexity index is 837. The van der Waals surface area contributed by atoms with Crippen LogP contribution < -0.4 is 20.9 Å². The quantitative estimate of drug-likeness (QED) is 0.524. The van der Waals surface area contributed by atoms with Crippen molar-refractivity contribution in [3.8, 4) is 0 Å². The average molecular weight is 408 g/mol. The van der Waals surface area contributed by atoms with Crippen LogP contribution in [0.3, 0.4) is 0 Å². The van der Waals surface area contributed by atoms with Crippen molar-refractivity contribution in [3.63, 3.8) is 0 Å². The van der Waals surface area contributed by atoms with Crippen molar-refractivity contribution in [2.24, 2.45) is 0 Å². The molecule has 0 fully saturated rings. The van der Waals surface area contributed by atoms with Crippen LogP contribution in [0.25, 0.3) is 0 Å². The van der Waals surface area contributed by atoms with Gasteiger partial charge in [-0.15, -0.1) is 0 Å². The molecule has 4 N–H and O–H groups in total. The molecule has 0 aliphatic carbocycles. The topological polar surface area (TPSA) is 80.2 Å². The highest BCUT2D eigenvalue weighted by molar-refractivity contribution is 5.89. The summed E-state index contributed by atoms with van der Waals surface area (Å²) in [6.07, 6.45) is -9.10. The minimum Gasteiger partial charge on any atom is -0.334 e. The Hall–Kier alpha value is -3.05. The molecule has 2 aromatic rings. The van der Waals surface area contributed by atoms with Crippen LogP contribution in [0.5, 0.6) is 0 Å². The normalized spacial score (nSPS) is 11.8. The zero-order valence-electron chi connectivity index (χ0n) is 14.4. The van der Waals surface area contributed by atoms with Crippen LogP contribution in [0, 0.1) is 6.92 Å². The molecule has 6 nitrogen and oxygen atoms in total. The van der Waals surface area contributed by atoms with Crippen LogP contribution in [0.1, 0.15) is 17.1 Å². The minimum atomic E-state index is -4.59. The van der Waals surface area contributed by atoms with Gasteiger partial charge in [-0.05, 0) is 31.2 Å². The molecule has 28 heavy (non-hydrogen) atoms. The van der Waals surface area contributed by atoms with Crippen LogP contribution in [0.15, 0.2) is 30.3 Å². The van der Waals surface area contributed by atoms with Crippen LogP contribution in [-0.2, 0) is 12.4 Å². The first-order valence-corrected chi connectivity index (χ1v) is 7.90. The Morgan fingerprint density at radius 3 is 2.36 bits per heavy atom. The highest BCUT2D eigenvalue weighted by atomic mass is 19.4. The number of nitrogens with one attached hydrogen (secondary N) is 4. The number of aromatic nitrogens is 2. The third-order valence-electron chi connectivity index (χ3n) is 3.45. The van der Waals surface area contributed by atoms with E-state index in [1.807, 2.05) is 0 Å². The van der Waals surface area contributed by atoms with Crippen molar-refractivity contribution in [2.75, 3.05) is 23.7 Å². The van der Waals surface area contributed by atoms with Crippen LogP contribution in [0.2, 0.25) is 0 Å². The summed E-state index contributed by atoms with van der Waals surface area (Å²) in [5.41, 5.74) is -1.91. The lowest BCUT2D eigenvalue weighted by atomic mass is 10.2. The smallest absolute Gasteiger partial charge is 0.334 e. The summed E-state index contributed by atoms with van der Waals surface area (Å²) >= 11 is 0. The number of carbonyl (C=O) groups is 1. The second kappa shape index (κ2) is 8.31. The number of rotatable bonds is 5. The van der Waals surface area contributed by atoms with Gasteiger partial charge in [-0.25, -0.2) is 14.8 Å². The SMILES string of the molecule is Cc1nc(C(F)(F)F)ccc1NC(=O)NCCNc1cccc(C(F)(F)F)[nH+]1. The maximum absolute atomic E-state index is 12.6. The molecule has 0 spiro atoms. The summed E-state index contributed by atoms with van der Waals surface area (Å²) in [6, 6.07) is 4.64. The first-order valence-electron chi connectivity index (χ1n) is 7.90. The molecular weight excluding hydrogens is 392 g/mol. The molecule has 12 heteroatoms. The molecule has 2 heterocycles. The van der Waals surface area contributed by atoms with E-state index < -0.39 is 29.8 Å². The van der Waals surface area contributed by atoms with Gasteiger partial charge in [0.25, 0.3) is 5.82 Å². The standard InChI is InChI=1S/C16H15F6N5O/c1-9-10(5-6-12(25-9)16(20,21)22)26-14(28)24-8-7-23-13-4-2-3-11(27-13)15(17,18)19/h2-6H,7-8H2,1H3,(H,23,27)(H2,24,26,28)/p+1. The van der Waals surface area contributed by atoms with E-state index in [0.717, 1.165) is 18.2 Å². The fraction of sp³-hybridized carbons (Fsp3) is 0.312. The van der Waals surface area contributed by atoms with Crippen LogP contribution in [-0.4, -0.2) is 24.1 Å². The molecule has 2 aromatic heterocycles. The van der Waals surface area contributed by atoms with Crippen molar-refractivity contribution in [2.45, 2.75) is 19.3 Å². The van der Waals surface area contributed by atoms with Gasteiger partial charge in [0.2, 0.25) is 5.69 Å².